The molecular weight excluding hydrogens is 392 g/mol. The molecule has 31 heavy (non-hydrogen) atoms. The molecule has 0 heterocycles. The SMILES string of the molecule is CCCCCCCCCCCC(=O)NCCCN(CCCOCCCC)CC(O)CO. The number of aliphatic hydroxyl groups excluding tert-OH is 2. The number of carbonyl (C=O) groups is 1. The second kappa shape index (κ2) is 24.0. The van der Waals surface area contributed by atoms with Crippen LogP contribution in [0.5, 0.6) is 0 Å². The van der Waals surface area contributed by atoms with Gasteiger partial charge in [-0.3, -0.25) is 4.79 Å². The Kier molecular flexibility index (Phi) is 23.4. The largest absolute Gasteiger partial charge is 0.394 e. The van der Waals surface area contributed by atoms with E-state index in [0.29, 0.717) is 19.5 Å². The van der Waals surface area contributed by atoms with Crippen molar-refractivity contribution in [2.24, 2.45) is 0 Å². The van der Waals surface area contributed by atoms with E-state index in [1.807, 2.05) is 0 Å². The predicted octanol–water partition coefficient (Wildman–Crippen LogP) is 4.28. The van der Waals surface area contributed by atoms with E-state index in [0.717, 1.165) is 64.8 Å². The average Bonchev–Trinajstić information content (AvgIpc) is 2.77. The highest BCUT2D eigenvalue weighted by molar-refractivity contribution is 5.75. The molecule has 0 spiro atoms. The monoisotopic (exact) mass is 444 g/mol. The van der Waals surface area contributed by atoms with Crippen LogP contribution in [0, 0.1) is 0 Å². The molecular formula is C25H52N2O4. The minimum atomic E-state index is -0.720. The van der Waals surface area contributed by atoms with Crippen molar-refractivity contribution >= 4 is 5.91 Å². The van der Waals surface area contributed by atoms with Crippen molar-refractivity contribution in [3.05, 3.63) is 0 Å². The van der Waals surface area contributed by atoms with Crippen molar-refractivity contribution in [2.75, 3.05) is 46.0 Å². The lowest BCUT2D eigenvalue weighted by atomic mass is 10.1. The lowest BCUT2D eigenvalue weighted by molar-refractivity contribution is -0.121. The van der Waals surface area contributed by atoms with Crippen molar-refractivity contribution in [2.45, 2.75) is 110 Å². The third-order valence-electron chi connectivity index (χ3n) is 5.57. The first kappa shape index (κ1) is 30.3. The molecule has 0 saturated heterocycles. The third-order valence-corrected chi connectivity index (χ3v) is 5.57. The van der Waals surface area contributed by atoms with Crippen molar-refractivity contribution in [3.63, 3.8) is 0 Å². The molecule has 3 N–H and O–H groups in total. The second-order valence-corrected chi connectivity index (χ2v) is 8.74. The summed E-state index contributed by atoms with van der Waals surface area (Å²) in [5, 5.41) is 21.9. The van der Waals surface area contributed by atoms with E-state index in [2.05, 4.69) is 24.1 Å². The molecule has 186 valence electrons. The highest BCUT2D eigenvalue weighted by Gasteiger charge is 2.11. The van der Waals surface area contributed by atoms with Crippen molar-refractivity contribution < 1.29 is 19.7 Å². The van der Waals surface area contributed by atoms with Crippen molar-refractivity contribution in [1.82, 2.24) is 10.2 Å². The first-order valence-corrected chi connectivity index (χ1v) is 13.0. The quantitative estimate of drug-likeness (QED) is 0.194. The third kappa shape index (κ3) is 22.3. The van der Waals surface area contributed by atoms with Crippen LogP contribution in [0.2, 0.25) is 0 Å². The number of hydrogen-bond donors (Lipinski definition) is 3. The summed E-state index contributed by atoms with van der Waals surface area (Å²) in [5.41, 5.74) is 0. The van der Waals surface area contributed by atoms with Crippen LogP contribution < -0.4 is 5.32 Å². The highest BCUT2D eigenvalue weighted by Crippen LogP contribution is 2.10. The zero-order valence-corrected chi connectivity index (χ0v) is 20.6. The summed E-state index contributed by atoms with van der Waals surface area (Å²) in [4.78, 5) is 14.2. The fraction of sp³-hybridized carbons (Fsp3) is 0.960. The van der Waals surface area contributed by atoms with Crippen molar-refractivity contribution in [1.29, 1.82) is 0 Å². The number of amides is 1. The second-order valence-electron chi connectivity index (χ2n) is 8.74. The van der Waals surface area contributed by atoms with E-state index in [1.165, 1.54) is 44.9 Å². The topological polar surface area (TPSA) is 82.0 Å². The van der Waals surface area contributed by atoms with Crippen LogP contribution in [0.15, 0.2) is 0 Å². The van der Waals surface area contributed by atoms with Gasteiger partial charge in [0.2, 0.25) is 5.91 Å². The molecule has 0 saturated carbocycles. The Hall–Kier alpha value is -0.690. The molecule has 0 fully saturated rings. The molecule has 1 amide bonds. The smallest absolute Gasteiger partial charge is 0.219 e. The van der Waals surface area contributed by atoms with Gasteiger partial charge in [0.05, 0.1) is 12.7 Å². The average molecular weight is 445 g/mol. The van der Waals surface area contributed by atoms with Crippen molar-refractivity contribution in [3.8, 4) is 0 Å². The lowest BCUT2D eigenvalue weighted by Gasteiger charge is -2.24. The molecule has 0 radical (unpaired) electrons. The first-order chi connectivity index (χ1) is 15.1. The standard InChI is InChI=1S/C25H52N2O4/c1-3-5-7-8-9-10-11-12-13-16-25(30)26-17-14-18-27(22-24(29)23-28)19-15-21-31-20-6-4-2/h24,28-29H,3-23H2,1-2H3,(H,26,30). The molecule has 6 nitrogen and oxygen atoms in total. The van der Waals surface area contributed by atoms with Crippen LogP contribution in [0.25, 0.3) is 0 Å². The molecule has 1 unspecified atom stereocenters. The van der Waals surface area contributed by atoms with Gasteiger partial charge in [0.1, 0.15) is 0 Å². The predicted molar refractivity (Wildman–Crippen MR) is 129 cm³/mol. The van der Waals surface area contributed by atoms with Gasteiger partial charge in [-0.1, -0.05) is 71.6 Å². The molecule has 0 aliphatic carbocycles. The number of unbranched alkanes of at least 4 members (excludes halogenated alkanes) is 9. The molecule has 0 rings (SSSR count). The van der Waals surface area contributed by atoms with Crippen LogP contribution in [0.1, 0.15) is 104 Å². The molecule has 0 aliphatic rings. The number of carbonyl (C=O) groups excluding carboxylic acids is 1. The fourth-order valence-corrected chi connectivity index (χ4v) is 3.60. The van der Waals surface area contributed by atoms with E-state index < -0.39 is 6.10 Å². The van der Waals surface area contributed by atoms with Crippen LogP contribution in [-0.2, 0) is 9.53 Å². The van der Waals surface area contributed by atoms with Gasteiger partial charge in [-0.15, -0.1) is 0 Å². The zero-order chi connectivity index (χ0) is 23.0. The summed E-state index contributed by atoms with van der Waals surface area (Å²) in [6, 6.07) is 0. The Morgan fingerprint density at radius 1 is 0.839 bits per heavy atom. The van der Waals surface area contributed by atoms with Gasteiger partial charge in [-0.2, -0.15) is 0 Å². The van der Waals surface area contributed by atoms with E-state index in [9.17, 15) is 9.90 Å². The minimum Gasteiger partial charge on any atom is -0.394 e. The molecule has 0 aliphatic heterocycles. The minimum absolute atomic E-state index is 0.147. The van der Waals surface area contributed by atoms with Gasteiger partial charge in [0, 0.05) is 39.3 Å². The summed E-state index contributed by atoms with van der Waals surface area (Å²) in [6.45, 7) is 8.44. The van der Waals surface area contributed by atoms with Gasteiger partial charge in [0.15, 0.2) is 0 Å². The number of ether oxygens (including phenoxy) is 1. The van der Waals surface area contributed by atoms with E-state index in [1.54, 1.807) is 0 Å². The molecule has 0 aromatic carbocycles. The molecule has 0 aromatic heterocycles. The summed E-state index contributed by atoms with van der Waals surface area (Å²) < 4.78 is 5.60. The van der Waals surface area contributed by atoms with E-state index in [-0.39, 0.29) is 12.5 Å². The maximum absolute atomic E-state index is 12.0. The number of rotatable bonds is 24. The zero-order valence-electron chi connectivity index (χ0n) is 20.6. The van der Waals surface area contributed by atoms with Gasteiger partial charge in [-0.25, -0.2) is 0 Å². The molecule has 0 bridgehead atoms. The molecule has 0 aromatic rings. The first-order valence-electron chi connectivity index (χ1n) is 13.0. The Morgan fingerprint density at radius 2 is 1.42 bits per heavy atom. The summed E-state index contributed by atoms with van der Waals surface area (Å²) in [5.74, 6) is 0.147. The molecule has 6 heteroatoms. The highest BCUT2D eigenvalue weighted by atomic mass is 16.5. The lowest BCUT2D eigenvalue weighted by Crippen LogP contribution is -2.37. The van der Waals surface area contributed by atoms with Crippen LogP contribution in [0.3, 0.4) is 0 Å². The molecule has 1 atom stereocenters. The van der Waals surface area contributed by atoms with Crippen LogP contribution >= 0.6 is 0 Å². The van der Waals surface area contributed by atoms with E-state index >= 15 is 0 Å². The maximum Gasteiger partial charge on any atom is 0.219 e. The normalized spacial score (nSPS) is 12.4. The van der Waals surface area contributed by atoms with Crippen LogP contribution in [0.4, 0.5) is 0 Å². The van der Waals surface area contributed by atoms with Gasteiger partial charge >= 0.3 is 0 Å². The van der Waals surface area contributed by atoms with Crippen LogP contribution in [-0.4, -0.2) is 73.1 Å². The summed E-state index contributed by atoms with van der Waals surface area (Å²) in [6.07, 6.45) is 15.2. The number of nitrogens with one attached hydrogen (secondary N) is 1. The summed E-state index contributed by atoms with van der Waals surface area (Å²) in [7, 11) is 0. The number of aliphatic hydroxyl groups is 2. The van der Waals surface area contributed by atoms with Gasteiger partial charge in [0.25, 0.3) is 0 Å². The Morgan fingerprint density at radius 3 is 2.06 bits per heavy atom. The summed E-state index contributed by atoms with van der Waals surface area (Å²) >= 11 is 0. The van der Waals surface area contributed by atoms with Gasteiger partial charge in [-0.05, 0) is 32.2 Å². The number of hydrogen-bond acceptors (Lipinski definition) is 5. The Bertz CT molecular complexity index is 383. The fourth-order valence-electron chi connectivity index (χ4n) is 3.60. The Balaban J connectivity index is 3.74. The Labute approximate surface area is 192 Å². The van der Waals surface area contributed by atoms with Gasteiger partial charge < -0.3 is 25.2 Å². The maximum atomic E-state index is 12.0. The van der Waals surface area contributed by atoms with E-state index in [4.69, 9.17) is 9.84 Å². The number of nitrogens with zero attached hydrogens (tertiary/aromatic N) is 1.